The number of halogens is 1. The van der Waals surface area contributed by atoms with Crippen molar-refractivity contribution in [3.8, 4) is 0 Å². The summed E-state index contributed by atoms with van der Waals surface area (Å²) in [5.41, 5.74) is 0. The summed E-state index contributed by atoms with van der Waals surface area (Å²) in [5.74, 6) is 0.723. The number of carbonyl (C=O) groups is 1. The number of hydrogen-bond donors (Lipinski definition) is 0. The predicted octanol–water partition coefficient (Wildman–Crippen LogP) is 1.87. The van der Waals surface area contributed by atoms with Crippen molar-refractivity contribution < 1.29 is 4.79 Å². The number of nitrogens with zero attached hydrogens (tertiary/aromatic N) is 1. The smallest absolute Gasteiger partial charge is 0.240 e. The summed E-state index contributed by atoms with van der Waals surface area (Å²) >= 11 is 5.72. The molecule has 0 spiro atoms. The van der Waals surface area contributed by atoms with E-state index in [9.17, 15) is 4.79 Å². The van der Waals surface area contributed by atoms with Gasteiger partial charge in [-0.25, -0.2) is 0 Å². The molecule has 3 heteroatoms. The first-order valence-corrected chi connectivity index (χ1v) is 4.97. The fourth-order valence-corrected chi connectivity index (χ4v) is 1.78. The minimum Gasteiger partial charge on any atom is -0.341 e. The molecule has 12 heavy (non-hydrogen) atoms. The third kappa shape index (κ3) is 2.37. The highest BCUT2D eigenvalue weighted by atomic mass is 35.5. The van der Waals surface area contributed by atoms with Crippen molar-refractivity contribution in [1.29, 1.82) is 0 Å². The molecule has 1 fully saturated rings. The van der Waals surface area contributed by atoms with Crippen LogP contribution in [0, 0.1) is 5.92 Å². The van der Waals surface area contributed by atoms with Gasteiger partial charge in [-0.1, -0.05) is 6.92 Å². The molecule has 1 amide bonds. The Kier molecular flexibility index (Phi) is 3.39. The summed E-state index contributed by atoms with van der Waals surface area (Å²) in [6.07, 6.45) is 2.36. The fraction of sp³-hybridized carbons (Fsp3) is 0.889. The summed E-state index contributed by atoms with van der Waals surface area (Å²) in [6, 6.07) is 0. The maximum absolute atomic E-state index is 11.4. The Balaban J connectivity index is 2.46. The largest absolute Gasteiger partial charge is 0.341 e. The van der Waals surface area contributed by atoms with Crippen molar-refractivity contribution >= 4 is 17.5 Å². The van der Waals surface area contributed by atoms with Crippen LogP contribution in [0.15, 0.2) is 0 Å². The van der Waals surface area contributed by atoms with Crippen LogP contribution >= 0.6 is 11.6 Å². The summed E-state index contributed by atoms with van der Waals surface area (Å²) < 4.78 is 0. The molecule has 1 heterocycles. The molecular formula is C9H16ClNO. The van der Waals surface area contributed by atoms with Gasteiger partial charge < -0.3 is 4.90 Å². The minimum atomic E-state index is -0.365. The lowest BCUT2D eigenvalue weighted by molar-refractivity contribution is -0.132. The molecule has 1 rings (SSSR count). The number of amides is 1. The van der Waals surface area contributed by atoms with Crippen LogP contribution in [0.1, 0.15) is 26.7 Å². The Labute approximate surface area is 78.9 Å². The lowest BCUT2D eigenvalue weighted by Gasteiger charge is -2.31. The fourth-order valence-electron chi connectivity index (χ4n) is 1.64. The van der Waals surface area contributed by atoms with Crippen LogP contribution in [0.3, 0.4) is 0 Å². The summed E-state index contributed by atoms with van der Waals surface area (Å²) in [5, 5.41) is -0.365. The monoisotopic (exact) mass is 189 g/mol. The van der Waals surface area contributed by atoms with E-state index in [-0.39, 0.29) is 11.3 Å². The van der Waals surface area contributed by atoms with Gasteiger partial charge in [-0.2, -0.15) is 0 Å². The Morgan fingerprint density at radius 1 is 1.67 bits per heavy atom. The number of rotatable bonds is 1. The first-order valence-electron chi connectivity index (χ1n) is 4.54. The Morgan fingerprint density at radius 2 is 2.33 bits per heavy atom. The molecule has 2 nitrogen and oxygen atoms in total. The van der Waals surface area contributed by atoms with Gasteiger partial charge in [0.1, 0.15) is 5.38 Å². The summed E-state index contributed by atoms with van der Waals surface area (Å²) in [6.45, 7) is 5.69. The highest BCUT2D eigenvalue weighted by Crippen LogP contribution is 2.16. The van der Waals surface area contributed by atoms with Gasteiger partial charge in [0.2, 0.25) is 5.91 Å². The van der Waals surface area contributed by atoms with E-state index in [2.05, 4.69) is 6.92 Å². The van der Waals surface area contributed by atoms with Crippen molar-refractivity contribution in [1.82, 2.24) is 4.90 Å². The zero-order valence-electron chi connectivity index (χ0n) is 7.72. The Bertz CT molecular complexity index is 170. The number of likely N-dealkylation sites (tertiary alicyclic amines) is 1. The van der Waals surface area contributed by atoms with Gasteiger partial charge in [0, 0.05) is 13.1 Å². The van der Waals surface area contributed by atoms with Crippen LogP contribution in [-0.4, -0.2) is 29.3 Å². The molecule has 0 aromatic rings. The van der Waals surface area contributed by atoms with Gasteiger partial charge >= 0.3 is 0 Å². The number of hydrogen-bond acceptors (Lipinski definition) is 1. The number of alkyl halides is 1. The lowest BCUT2D eigenvalue weighted by Crippen LogP contribution is -2.42. The van der Waals surface area contributed by atoms with Crippen molar-refractivity contribution in [2.75, 3.05) is 13.1 Å². The Morgan fingerprint density at radius 3 is 2.83 bits per heavy atom. The normalized spacial score (nSPS) is 26.9. The molecule has 0 bridgehead atoms. The van der Waals surface area contributed by atoms with E-state index in [1.807, 2.05) is 4.90 Å². The van der Waals surface area contributed by atoms with Crippen LogP contribution in [0.2, 0.25) is 0 Å². The molecule has 0 radical (unpaired) electrons. The second kappa shape index (κ2) is 4.13. The van der Waals surface area contributed by atoms with E-state index in [1.54, 1.807) is 6.92 Å². The molecule has 1 saturated heterocycles. The third-order valence-corrected chi connectivity index (χ3v) is 2.50. The summed E-state index contributed by atoms with van der Waals surface area (Å²) in [4.78, 5) is 13.3. The number of piperidine rings is 1. The van der Waals surface area contributed by atoms with E-state index >= 15 is 0 Å². The lowest BCUT2D eigenvalue weighted by atomic mass is 10.0. The van der Waals surface area contributed by atoms with Gasteiger partial charge in [-0.05, 0) is 25.7 Å². The second-order valence-corrected chi connectivity index (χ2v) is 4.30. The van der Waals surface area contributed by atoms with Crippen molar-refractivity contribution in [3.05, 3.63) is 0 Å². The highest BCUT2D eigenvalue weighted by Gasteiger charge is 2.23. The minimum absolute atomic E-state index is 0.0863. The molecule has 0 N–H and O–H groups in total. The first kappa shape index (κ1) is 9.85. The van der Waals surface area contributed by atoms with Crippen molar-refractivity contribution in [2.45, 2.75) is 32.1 Å². The molecule has 0 aliphatic carbocycles. The van der Waals surface area contributed by atoms with Gasteiger partial charge in [-0.3, -0.25) is 4.79 Å². The molecule has 2 atom stereocenters. The average Bonchev–Trinajstić information content (AvgIpc) is 2.03. The van der Waals surface area contributed by atoms with Crippen molar-refractivity contribution in [3.63, 3.8) is 0 Å². The molecule has 1 aliphatic rings. The van der Waals surface area contributed by atoms with Crippen molar-refractivity contribution in [2.24, 2.45) is 5.92 Å². The van der Waals surface area contributed by atoms with E-state index < -0.39 is 0 Å². The third-order valence-electron chi connectivity index (χ3n) is 2.31. The van der Waals surface area contributed by atoms with Crippen LogP contribution < -0.4 is 0 Å². The molecule has 70 valence electrons. The quantitative estimate of drug-likeness (QED) is 0.577. The topological polar surface area (TPSA) is 20.3 Å². The molecular weight excluding hydrogens is 174 g/mol. The van der Waals surface area contributed by atoms with Crippen LogP contribution in [0.4, 0.5) is 0 Å². The average molecular weight is 190 g/mol. The van der Waals surface area contributed by atoms with E-state index in [1.165, 1.54) is 6.42 Å². The highest BCUT2D eigenvalue weighted by molar-refractivity contribution is 6.30. The Hall–Kier alpha value is -0.240. The second-order valence-electron chi connectivity index (χ2n) is 3.65. The zero-order chi connectivity index (χ0) is 9.14. The van der Waals surface area contributed by atoms with E-state index in [4.69, 9.17) is 11.6 Å². The van der Waals surface area contributed by atoms with Gasteiger partial charge in [0.05, 0.1) is 0 Å². The molecule has 1 aliphatic heterocycles. The molecule has 0 aromatic heterocycles. The standard InChI is InChI=1S/C9H16ClNO/c1-7-4-3-5-11(6-7)9(12)8(2)10/h7-8H,3-6H2,1-2H3. The van der Waals surface area contributed by atoms with E-state index in [0.717, 1.165) is 19.5 Å². The molecule has 0 aromatic carbocycles. The zero-order valence-corrected chi connectivity index (χ0v) is 8.47. The van der Waals surface area contributed by atoms with E-state index in [0.29, 0.717) is 5.92 Å². The van der Waals surface area contributed by atoms with Gasteiger partial charge in [0.15, 0.2) is 0 Å². The van der Waals surface area contributed by atoms with Gasteiger partial charge in [0.25, 0.3) is 0 Å². The van der Waals surface area contributed by atoms with Crippen LogP contribution in [0.5, 0.6) is 0 Å². The maximum atomic E-state index is 11.4. The first-order chi connectivity index (χ1) is 5.61. The maximum Gasteiger partial charge on any atom is 0.240 e. The van der Waals surface area contributed by atoms with Gasteiger partial charge in [-0.15, -0.1) is 11.6 Å². The van der Waals surface area contributed by atoms with Crippen LogP contribution in [0.25, 0.3) is 0 Å². The number of carbonyl (C=O) groups excluding carboxylic acids is 1. The molecule has 0 saturated carbocycles. The SMILES string of the molecule is CC1CCCN(C(=O)C(C)Cl)C1. The summed E-state index contributed by atoms with van der Waals surface area (Å²) in [7, 11) is 0. The molecule has 2 unspecified atom stereocenters. The predicted molar refractivity (Wildman–Crippen MR) is 50.3 cm³/mol. The van der Waals surface area contributed by atoms with Crippen LogP contribution in [-0.2, 0) is 4.79 Å².